The topological polar surface area (TPSA) is 57.7 Å². The molecular weight excluding hydrogens is 282 g/mol. The van der Waals surface area contributed by atoms with Crippen LogP contribution in [0.1, 0.15) is 24.2 Å². The van der Waals surface area contributed by atoms with Crippen molar-refractivity contribution in [1.82, 2.24) is 4.90 Å². The van der Waals surface area contributed by atoms with Crippen LogP contribution in [0, 0.1) is 11.6 Å². The van der Waals surface area contributed by atoms with Crippen LogP contribution in [0.2, 0.25) is 0 Å². The summed E-state index contributed by atoms with van der Waals surface area (Å²) in [6, 6.07) is 1.43. The molecule has 0 radical (unpaired) electrons. The van der Waals surface area contributed by atoms with E-state index in [1.54, 1.807) is 13.8 Å². The van der Waals surface area contributed by atoms with E-state index in [1.807, 2.05) is 0 Å². The van der Waals surface area contributed by atoms with Gasteiger partial charge in [0.25, 0.3) is 11.7 Å². The van der Waals surface area contributed by atoms with E-state index in [2.05, 4.69) is 0 Å². The molecule has 0 spiro atoms. The van der Waals surface area contributed by atoms with Crippen molar-refractivity contribution in [2.24, 2.45) is 0 Å². The molecule has 5 nitrogen and oxygen atoms in total. The maximum atomic E-state index is 13.6. The number of hydrogen-bond donors (Lipinski definition) is 0. The Morgan fingerprint density at radius 1 is 1.19 bits per heavy atom. The quantitative estimate of drug-likeness (QED) is 0.788. The number of amides is 2. The fraction of sp³-hybridized carbons (Fsp3) is 0.357. The SMILES string of the molecule is CCN(CC)C(=O)CN1C(=O)C(=O)c2c(F)cc(F)cc21. The van der Waals surface area contributed by atoms with Crippen LogP contribution < -0.4 is 4.90 Å². The van der Waals surface area contributed by atoms with Crippen LogP contribution in [0.5, 0.6) is 0 Å². The highest BCUT2D eigenvalue weighted by molar-refractivity contribution is 6.52. The number of ketones is 1. The Hall–Kier alpha value is -2.31. The molecule has 2 amide bonds. The molecule has 0 atom stereocenters. The van der Waals surface area contributed by atoms with Gasteiger partial charge in [-0.2, -0.15) is 0 Å². The van der Waals surface area contributed by atoms with Crippen LogP contribution in [-0.2, 0) is 9.59 Å². The Labute approximate surface area is 120 Å². The minimum absolute atomic E-state index is 0.192. The third-order valence-electron chi connectivity index (χ3n) is 3.40. The number of rotatable bonds is 4. The van der Waals surface area contributed by atoms with Gasteiger partial charge in [0.1, 0.15) is 18.2 Å². The Morgan fingerprint density at radius 2 is 1.81 bits per heavy atom. The first kappa shape index (κ1) is 15.1. The summed E-state index contributed by atoms with van der Waals surface area (Å²) in [7, 11) is 0. The highest BCUT2D eigenvalue weighted by Crippen LogP contribution is 2.31. The Balaban J connectivity index is 2.37. The number of benzene rings is 1. The molecule has 7 heteroatoms. The number of anilines is 1. The molecular formula is C14H14F2N2O3. The van der Waals surface area contributed by atoms with Gasteiger partial charge in [-0.25, -0.2) is 8.78 Å². The lowest BCUT2D eigenvalue weighted by Gasteiger charge is -2.22. The van der Waals surface area contributed by atoms with Gasteiger partial charge in [0.15, 0.2) is 0 Å². The predicted octanol–water partition coefficient (Wildman–Crippen LogP) is 1.36. The maximum Gasteiger partial charge on any atom is 0.300 e. The van der Waals surface area contributed by atoms with Crippen molar-refractivity contribution in [2.45, 2.75) is 13.8 Å². The lowest BCUT2D eigenvalue weighted by Crippen LogP contribution is -2.42. The van der Waals surface area contributed by atoms with E-state index in [0.29, 0.717) is 19.2 Å². The standard InChI is InChI=1S/C14H14F2N2O3/c1-3-17(4-2)11(19)7-18-10-6-8(15)5-9(16)12(10)13(20)14(18)21/h5-6H,3-4,7H2,1-2H3. The summed E-state index contributed by atoms with van der Waals surface area (Å²) in [5, 5.41) is 0. The van der Waals surface area contributed by atoms with E-state index < -0.39 is 41.3 Å². The summed E-state index contributed by atoms with van der Waals surface area (Å²) in [5.74, 6) is -4.47. The molecule has 0 bridgehead atoms. The van der Waals surface area contributed by atoms with Crippen molar-refractivity contribution in [3.8, 4) is 0 Å². The fourth-order valence-corrected chi connectivity index (χ4v) is 2.31. The molecule has 0 saturated carbocycles. The van der Waals surface area contributed by atoms with Gasteiger partial charge in [-0.15, -0.1) is 0 Å². The van der Waals surface area contributed by atoms with E-state index in [4.69, 9.17) is 0 Å². The molecule has 112 valence electrons. The first-order chi connectivity index (χ1) is 9.90. The number of likely N-dealkylation sites (N-methyl/N-ethyl adjacent to an activating group) is 1. The molecule has 1 aliphatic rings. The molecule has 0 aromatic heterocycles. The Bertz CT molecular complexity index is 627. The van der Waals surface area contributed by atoms with Crippen LogP contribution >= 0.6 is 0 Å². The molecule has 0 aliphatic carbocycles. The molecule has 21 heavy (non-hydrogen) atoms. The molecule has 0 unspecified atom stereocenters. The summed E-state index contributed by atoms with van der Waals surface area (Å²) >= 11 is 0. The molecule has 1 aromatic rings. The van der Waals surface area contributed by atoms with Crippen LogP contribution in [-0.4, -0.2) is 42.1 Å². The normalized spacial score (nSPS) is 13.6. The molecule has 1 aliphatic heterocycles. The second-order valence-corrected chi connectivity index (χ2v) is 4.57. The maximum absolute atomic E-state index is 13.6. The number of hydrogen-bond acceptors (Lipinski definition) is 3. The average molecular weight is 296 g/mol. The fourth-order valence-electron chi connectivity index (χ4n) is 2.31. The summed E-state index contributed by atoms with van der Waals surface area (Å²) in [5.41, 5.74) is -0.670. The molecule has 1 heterocycles. The van der Waals surface area contributed by atoms with Gasteiger partial charge in [0.2, 0.25) is 5.91 Å². The second-order valence-electron chi connectivity index (χ2n) is 4.57. The predicted molar refractivity (Wildman–Crippen MR) is 71.0 cm³/mol. The van der Waals surface area contributed by atoms with E-state index in [9.17, 15) is 23.2 Å². The van der Waals surface area contributed by atoms with Crippen molar-refractivity contribution in [3.05, 3.63) is 29.3 Å². The van der Waals surface area contributed by atoms with Crippen molar-refractivity contribution >= 4 is 23.3 Å². The van der Waals surface area contributed by atoms with Gasteiger partial charge in [-0.3, -0.25) is 19.3 Å². The van der Waals surface area contributed by atoms with Gasteiger partial charge < -0.3 is 4.90 Å². The first-order valence-electron chi connectivity index (χ1n) is 6.53. The number of halogens is 2. The third-order valence-corrected chi connectivity index (χ3v) is 3.40. The zero-order chi connectivity index (χ0) is 15.7. The highest BCUT2D eigenvalue weighted by atomic mass is 19.1. The summed E-state index contributed by atoms with van der Waals surface area (Å²) in [6.07, 6.45) is 0. The van der Waals surface area contributed by atoms with Crippen molar-refractivity contribution < 1.29 is 23.2 Å². The second kappa shape index (κ2) is 5.59. The van der Waals surface area contributed by atoms with E-state index in [-0.39, 0.29) is 5.69 Å². The summed E-state index contributed by atoms with van der Waals surface area (Å²) in [6.45, 7) is 4.00. The molecule has 0 N–H and O–H groups in total. The zero-order valence-electron chi connectivity index (χ0n) is 11.7. The van der Waals surface area contributed by atoms with Crippen molar-refractivity contribution in [1.29, 1.82) is 0 Å². The third kappa shape index (κ3) is 2.51. The number of carbonyl (C=O) groups is 3. The number of nitrogens with zero attached hydrogens (tertiary/aromatic N) is 2. The van der Waals surface area contributed by atoms with Gasteiger partial charge in [-0.1, -0.05) is 0 Å². The van der Waals surface area contributed by atoms with E-state index in [1.165, 1.54) is 4.90 Å². The van der Waals surface area contributed by atoms with Crippen LogP contribution in [0.15, 0.2) is 12.1 Å². The van der Waals surface area contributed by atoms with Gasteiger partial charge in [-0.05, 0) is 19.9 Å². The lowest BCUT2D eigenvalue weighted by atomic mass is 10.1. The molecule has 1 aromatic carbocycles. The Morgan fingerprint density at radius 3 is 2.38 bits per heavy atom. The molecule has 0 fully saturated rings. The number of Topliss-reactive ketones (excluding diaryl/α,β-unsaturated/α-hetero) is 1. The lowest BCUT2D eigenvalue weighted by molar-refractivity contribution is -0.130. The molecule has 2 rings (SSSR count). The summed E-state index contributed by atoms with van der Waals surface area (Å²) < 4.78 is 26.9. The average Bonchev–Trinajstić information content (AvgIpc) is 2.65. The van der Waals surface area contributed by atoms with Gasteiger partial charge in [0.05, 0.1) is 11.3 Å². The number of fused-ring (bicyclic) bond motifs is 1. The van der Waals surface area contributed by atoms with Gasteiger partial charge >= 0.3 is 0 Å². The van der Waals surface area contributed by atoms with E-state index >= 15 is 0 Å². The van der Waals surface area contributed by atoms with Crippen molar-refractivity contribution in [2.75, 3.05) is 24.5 Å². The largest absolute Gasteiger partial charge is 0.342 e. The molecule has 0 saturated heterocycles. The number of carbonyl (C=O) groups excluding carboxylic acids is 3. The van der Waals surface area contributed by atoms with Crippen molar-refractivity contribution in [3.63, 3.8) is 0 Å². The van der Waals surface area contributed by atoms with Crippen LogP contribution in [0.25, 0.3) is 0 Å². The van der Waals surface area contributed by atoms with Gasteiger partial charge in [0, 0.05) is 19.2 Å². The zero-order valence-corrected chi connectivity index (χ0v) is 11.7. The van der Waals surface area contributed by atoms with E-state index in [0.717, 1.165) is 11.0 Å². The Kier molecular flexibility index (Phi) is 4.02. The highest BCUT2D eigenvalue weighted by Gasteiger charge is 2.40. The minimum atomic E-state index is -1.10. The first-order valence-corrected chi connectivity index (χ1v) is 6.53. The van der Waals surface area contributed by atoms with Crippen LogP contribution in [0.3, 0.4) is 0 Å². The minimum Gasteiger partial charge on any atom is -0.342 e. The van der Waals surface area contributed by atoms with Crippen LogP contribution in [0.4, 0.5) is 14.5 Å². The monoisotopic (exact) mass is 296 g/mol. The smallest absolute Gasteiger partial charge is 0.300 e. The summed E-state index contributed by atoms with van der Waals surface area (Å²) in [4.78, 5) is 37.9.